The molecule has 0 rings (SSSR count). The van der Waals surface area contributed by atoms with Crippen molar-refractivity contribution in [3.63, 3.8) is 0 Å². The van der Waals surface area contributed by atoms with Crippen LogP contribution in [0.1, 0.15) is 48.0 Å². The van der Waals surface area contributed by atoms with Gasteiger partial charge in [-0.1, -0.05) is 39.8 Å². The minimum absolute atomic E-state index is 0.0647. The number of carbonyl (C=O) groups is 2. The second-order valence-corrected chi connectivity index (χ2v) is 8.64. The molecular formula is C21H39NO7. The van der Waals surface area contributed by atoms with E-state index >= 15 is 0 Å². The van der Waals surface area contributed by atoms with Crippen molar-refractivity contribution in [1.29, 1.82) is 0 Å². The number of aliphatic hydroxyl groups excluding tert-OH is 3. The van der Waals surface area contributed by atoms with Gasteiger partial charge in [0.25, 0.3) is 0 Å². The first-order chi connectivity index (χ1) is 13.3. The molecule has 29 heavy (non-hydrogen) atoms. The highest BCUT2D eigenvalue weighted by molar-refractivity contribution is 5.89. The third-order valence-electron chi connectivity index (χ3n) is 4.18. The Balaban J connectivity index is 4.76. The number of nitrogens with one attached hydrogen (secondary N) is 1. The van der Waals surface area contributed by atoms with Crippen LogP contribution in [0.5, 0.6) is 0 Å². The molecule has 0 unspecified atom stereocenters. The number of allylic oxidation sites excluding steroid dienone is 1. The highest BCUT2D eigenvalue weighted by atomic mass is 16.5. The zero-order valence-corrected chi connectivity index (χ0v) is 18.7. The van der Waals surface area contributed by atoms with Crippen molar-refractivity contribution < 1.29 is 34.4 Å². The monoisotopic (exact) mass is 417 g/mol. The van der Waals surface area contributed by atoms with Gasteiger partial charge in [-0.05, 0) is 19.3 Å². The van der Waals surface area contributed by atoms with Gasteiger partial charge in [0.15, 0.2) is 5.78 Å². The van der Waals surface area contributed by atoms with Crippen molar-refractivity contribution >= 4 is 11.7 Å². The van der Waals surface area contributed by atoms with E-state index in [1.807, 2.05) is 34.6 Å². The van der Waals surface area contributed by atoms with Gasteiger partial charge in [0.1, 0.15) is 24.4 Å². The van der Waals surface area contributed by atoms with E-state index in [4.69, 9.17) is 9.47 Å². The molecule has 5 atom stereocenters. The second-order valence-electron chi connectivity index (χ2n) is 8.64. The molecule has 0 saturated heterocycles. The number of carbonyl (C=O) groups excluding carboxylic acids is 2. The van der Waals surface area contributed by atoms with Gasteiger partial charge in [0, 0.05) is 26.0 Å². The standard InChI is InChI=1S/C21H39NO7/c1-13(2)29-11-10-22-20(27)14(3)12-16(24)19(28-7)18(26)17(25)15(23)8-9-21(4,5)6/h8-9,13-15,17-19,23,25-26H,10-12H2,1-7H3,(H,22,27)/b9-8+/t14-,15-,17+,18-,19+/m1/s1. The Morgan fingerprint density at radius 3 is 2.14 bits per heavy atom. The van der Waals surface area contributed by atoms with E-state index in [0.717, 1.165) is 0 Å². The number of hydrogen-bond donors (Lipinski definition) is 4. The summed E-state index contributed by atoms with van der Waals surface area (Å²) < 4.78 is 10.4. The maximum atomic E-state index is 12.5. The first-order valence-corrected chi connectivity index (χ1v) is 9.98. The lowest BCUT2D eigenvalue weighted by Crippen LogP contribution is -2.48. The van der Waals surface area contributed by atoms with Crippen LogP contribution in [0.25, 0.3) is 0 Å². The molecule has 0 aromatic heterocycles. The zero-order valence-electron chi connectivity index (χ0n) is 18.7. The molecule has 0 aliphatic heterocycles. The topological polar surface area (TPSA) is 125 Å². The summed E-state index contributed by atoms with van der Waals surface area (Å²) in [6.45, 7) is 11.8. The molecule has 0 spiro atoms. The van der Waals surface area contributed by atoms with Crippen LogP contribution in [0, 0.1) is 11.3 Å². The van der Waals surface area contributed by atoms with E-state index in [0.29, 0.717) is 13.2 Å². The average Bonchev–Trinajstić information content (AvgIpc) is 2.61. The van der Waals surface area contributed by atoms with Gasteiger partial charge in [0.2, 0.25) is 5.91 Å². The number of aliphatic hydroxyl groups is 3. The maximum Gasteiger partial charge on any atom is 0.223 e. The lowest BCUT2D eigenvalue weighted by molar-refractivity contribution is -0.149. The van der Waals surface area contributed by atoms with Crippen LogP contribution in [-0.4, -0.2) is 77.8 Å². The quantitative estimate of drug-likeness (QED) is 0.258. The molecule has 0 fully saturated rings. The SMILES string of the molecule is CO[C@@H](C(=O)C[C@@H](C)C(=O)NCCOC(C)C)[C@H](O)[C@@H](O)[C@H](O)/C=C/C(C)(C)C. The molecule has 8 nitrogen and oxygen atoms in total. The Hall–Kier alpha value is -1.32. The van der Waals surface area contributed by atoms with Crippen molar-refractivity contribution in [2.45, 2.75) is 78.5 Å². The van der Waals surface area contributed by atoms with Crippen LogP contribution in [0.15, 0.2) is 12.2 Å². The highest BCUT2D eigenvalue weighted by Crippen LogP contribution is 2.18. The fraction of sp³-hybridized carbons (Fsp3) is 0.810. The van der Waals surface area contributed by atoms with E-state index < -0.39 is 36.1 Å². The Kier molecular flexibility index (Phi) is 12.5. The fourth-order valence-corrected chi connectivity index (χ4v) is 2.50. The number of Topliss-reactive ketones (excluding diaryl/α,β-unsaturated/α-hetero) is 1. The Labute approximate surface area is 174 Å². The lowest BCUT2D eigenvalue weighted by atomic mass is 9.92. The molecule has 0 aliphatic rings. The predicted octanol–water partition coefficient (Wildman–Crippen LogP) is 0.823. The Morgan fingerprint density at radius 1 is 1.07 bits per heavy atom. The van der Waals surface area contributed by atoms with Gasteiger partial charge in [-0.25, -0.2) is 0 Å². The minimum Gasteiger partial charge on any atom is -0.387 e. The van der Waals surface area contributed by atoms with Crippen LogP contribution >= 0.6 is 0 Å². The number of rotatable bonds is 13. The molecule has 0 aliphatic carbocycles. The summed E-state index contributed by atoms with van der Waals surface area (Å²) in [5.41, 5.74) is -0.217. The van der Waals surface area contributed by atoms with Gasteiger partial charge in [0.05, 0.1) is 12.7 Å². The second kappa shape index (κ2) is 13.1. The van der Waals surface area contributed by atoms with Crippen LogP contribution < -0.4 is 5.32 Å². The molecule has 1 amide bonds. The normalized spacial score (nSPS) is 17.8. The molecule has 0 bridgehead atoms. The van der Waals surface area contributed by atoms with Gasteiger partial charge >= 0.3 is 0 Å². The summed E-state index contributed by atoms with van der Waals surface area (Å²) >= 11 is 0. The van der Waals surface area contributed by atoms with Crippen LogP contribution in [-0.2, 0) is 19.1 Å². The van der Waals surface area contributed by atoms with Crippen LogP contribution in [0.3, 0.4) is 0 Å². The van der Waals surface area contributed by atoms with Crippen LogP contribution in [0.2, 0.25) is 0 Å². The molecule has 0 aromatic rings. The molecule has 170 valence electrons. The summed E-state index contributed by atoms with van der Waals surface area (Å²) in [4.78, 5) is 24.6. The molecule has 8 heteroatoms. The summed E-state index contributed by atoms with van der Waals surface area (Å²) in [5, 5.41) is 33.3. The number of ether oxygens (including phenoxy) is 2. The number of amides is 1. The molecular weight excluding hydrogens is 378 g/mol. The molecule has 0 radical (unpaired) electrons. The van der Waals surface area contributed by atoms with Crippen molar-refractivity contribution in [3.05, 3.63) is 12.2 Å². The molecule has 0 saturated carbocycles. The molecule has 0 heterocycles. The third kappa shape index (κ3) is 11.4. The number of methoxy groups -OCH3 is 1. The van der Waals surface area contributed by atoms with Crippen molar-refractivity contribution in [2.75, 3.05) is 20.3 Å². The van der Waals surface area contributed by atoms with E-state index in [9.17, 15) is 24.9 Å². The van der Waals surface area contributed by atoms with E-state index in [2.05, 4.69) is 5.32 Å². The Morgan fingerprint density at radius 2 is 1.66 bits per heavy atom. The minimum atomic E-state index is -1.64. The maximum absolute atomic E-state index is 12.5. The van der Waals surface area contributed by atoms with Gasteiger partial charge < -0.3 is 30.1 Å². The summed E-state index contributed by atoms with van der Waals surface area (Å²) in [5.74, 6) is -1.50. The van der Waals surface area contributed by atoms with Crippen molar-refractivity contribution in [2.24, 2.45) is 11.3 Å². The van der Waals surface area contributed by atoms with E-state index in [-0.39, 0.29) is 23.8 Å². The van der Waals surface area contributed by atoms with Gasteiger partial charge in [-0.2, -0.15) is 0 Å². The van der Waals surface area contributed by atoms with Crippen molar-refractivity contribution in [3.8, 4) is 0 Å². The summed E-state index contributed by atoms with van der Waals surface area (Å²) in [6.07, 6.45) is -3.00. The van der Waals surface area contributed by atoms with E-state index in [1.54, 1.807) is 13.0 Å². The van der Waals surface area contributed by atoms with E-state index in [1.165, 1.54) is 13.2 Å². The van der Waals surface area contributed by atoms with Gasteiger partial charge in [-0.15, -0.1) is 0 Å². The van der Waals surface area contributed by atoms with Crippen LogP contribution in [0.4, 0.5) is 0 Å². The average molecular weight is 418 g/mol. The van der Waals surface area contributed by atoms with Crippen molar-refractivity contribution in [1.82, 2.24) is 5.32 Å². The smallest absolute Gasteiger partial charge is 0.223 e. The summed E-state index contributed by atoms with van der Waals surface area (Å²) in [6, 6.07) is 0. The lowest BCUT2D eigenvalue weighted by Gasteiger charge is -2.27. The zero-order chi connectivity index (χ0) is 22.8. The Bertz CT molecular complexity index is 528. The summed E-state index contributed by atoms with van der Waals surface area (Å²) in [7, 11) is 1.23. The first kappa shape index (κ1) is 27.7. The third-order valence-corrected chi connectivity index (χ3v) is 4.18. The molecule has 0 aromatic carbocycles. The predicted molar refractivity (Wildman–Crippen MR) is 110 cm³/mol. The first-order valence-electron chi connectivity index (χ1n) is 9.98. The number of ketones is 1. The largest absolute Gasteiger partial charge is 0.387 e. The highest BCUT2D eigenvalue weighted by Gasteiger charge is 2.36. The molecule has 4 N–H and O–H groups in total. The van der Waals surface area contributed by atoms with Gasteiger partial charge in [-0.3, -0.25) is 9.59 Å². The fourth-order valence-electron chi connectivity index (χ4n) is 2.50. The number of hydrogen-bond acceptors (Lipinski definition) is 7.